The normalized spacial score (nSPS) is 13.7. The van der Waals surface area contributed by atoms with Crippen molar-refractivity contribution < 1.29 is 24.5 Å². The molecule has 0 aromatic rings. The van der Waals surface area contributed by atoms with E-state index in [4.69, 9.17) is 4.74 Å². The summed E-state index contributed by atoms with van der Waals surface area (Å²) in [6.07, 6.45) is 54.5. The van der Waals surface area contributed by atoms with Gasteiger partial charge in [-0.15, -0.1) is 0 Å². The molecule has 0 aromatic heterocycles. The van der Waals surface area contributed by atoms with Gasteiger partial charge in [-0.2, -0.15) is 0 Å². The number of esters is 1. The Morgan fingerprint density at radius 1 is 0.500 bits per heavy atom. The number of aliphatic hydroxyl groups excluding tert-OH is 2. The van der Waals surface area contributed by atoms with Gasteiger partial charge < -0.3 is 20.3 Å². The number of nitrogens with one attached hydrogen (secondary N) is 1. The molecule has 0 aliphatic heterocycles. The molecule has 0 heterocycles. The predicted octanol–water partition coefficient (Wildman–Crippen LogP) is 14.7. The Hall–Kier alpha value is -2.18. The number of aliphatic hydroxyl groups is 2. The van der Waals surface area contributed by atoms with Crippen molar-refractivity contribution in [2.45, 2.75) is 264 Å². The molecule has 6 nitrogen and oxygen atoms in total. The highest BCUT2D eigenvalue weighted by Crippen LogP contribution is 2.17. The molecule has 0 fully saturated rings. The average molecular weight is 814 g/mol. The van der Waals surface area contributed by atoms with E-state index in [1.165, 1.54) is 128 Å². The minimum Gasteiger partial charge on any atom is -0.462 e. The van der Waals surface area contributed by atoms with Crippen molar-refractivity contribution in [3.05, 3.63) is 48.6 Å². The van der Waals surface area contributed by atoms with E-state index in [0.717, 1.165) is 70.6 Å². The van der Waals surface area contributed by atoms with Crippen LogP contribution in [0.5, 0.6) is 0 Å². The number of carbonyl (C=O) groups excluding carboxylic acids is 2. The molecule has 3 atom stereocenters. The van der Waals surface area contributed by atoms with Crippen LogP contribution in [0.1, 0.15) is 245 Å². The molecule has 1 amide bonds. The summed E-state index contributed by atoms with van der Waals surface area (Å²) in [5.74, 6) is -0.524. The molecule has 3 unspecified atom stereocenters. The van der Waals surface area contributed by atoms with Gasteiger partial charge in [-0.05, 0) is 64.2 Å². The number of amides is 1. The van der Waals surface area contributed by atoms with Gasteiger partial charge in [0.15, 0.2) is 0 Å². The van der Waals surface area contributed by atoms with Crippen LogP contribution < -0.4 is 5.32 Å². The van der Waals surface area contributed by atoms with Crippen LogP contribution in [0.25, 0.3) is 0 Å². The first-order chi connectivity index (χ1) is 28.5. The zero-order valence-electron chi connectivity index (χ0n) is 38.4. The maximum Gasteiger partial charge on any atom is 0.306 e. The zero-order valence-corrected chi connectivity index (χ0v) is 38.4. The van der Waals surface area contributed by atoms with E-state index in [1.807, 2.05) is 0 Å². The monoisotopic (exact) mass is 814 g/mol. The summed E-state index contributed by atoms with van der Waals surface area (Å²) in [5.41, 5.74) is 0. The topological polar surface area (TPSA) is 95.9 Å². The number of carbonyl (C=O) groups is 2. The van der Waals surface area contributed by atoms with Crippen LogP contribution in [-0.2, 0) is 14.3 Å². The molecule has 3 N–H and O–H groups in total. The molecule has 0 saturated heterocycles. The SMILES string of the molecule is CCCCC/C=C\C/C=C\C/C=C\C/C=C\CCCC(CC(=O)NC(CO)C(O)CCCCCCCCCCCCC)OC(=O)CCCCCCCCCCCCC. The highest BCUT2D eigenvalue weighted by atomic mass is 16.5. The van der Waals surface area contributed by atoms with Crippen molar-refractivity contribution in [1.82, 2.24) is 5.32 Å². The van der Waals surface area contributed by atoms with Crippen molar-refractivity contribution in [2.24, 2.45) is 0 Å². The molecule has 0 spiro atoms. The largest absolute Gasteiger partial charge is 0.462 e. The molecule has 338 valence electrons. The first-order valence-electron chi connectivity index (χ1n) is 24.9. The number of hydrogen-bond donors (Lipinski definition) is 3. The van der Waals surface area contributed by atoms with Crippen LogP contribution >= 0.6 is 0 Å². The van der Waals surface area contributed by atoms with Crippen LogP contribution in [0.15, 0.2) is 48.6 Å². The van der Waals surface area contributed by atoms with Crippen LogP contribution in [0.3, 0.4) is 0 Å². The maximum absolute atomic E-state index is 13.2. The molecule has 0 aliphatic carbocycles. The van der Waals surface area contributed by atoms with Crippen LogP contribution in [0, 0.1) is 0 Å². The van der Waals surface area contributed by atoms with Gasteiger partial charge in [0.2, 0.25) is 5.91 Å². The Kier molecular flexibility index (Phi) is 44.2. The van der Waals surface area contributed by atoms with E-state index in [0.29, 0.717) is 19.3 Å². The van der Waals surface area contributed by atoms with E-state index in [2.05, 4.69) is 74.7 Å². The van der Waals surface area contributed by atoms with Gasteiger partial charge in [0.05, 0.1) is 25.2 Å². The minimum atomic E-state index is -0.799. The Morgan fingerprint density at radius 3 is 1.36 bits per heavy atom. The molecule has 6 heteroatoms. The lowest BCUT2D eigenvalue weighted by Crippen LogP contribution is -2.46. The molecule has 58 heavy (non-hydrogen) atoms. The Bertz CT molecular complexity index is 1000. The fraction of sp³-hybridized carbons (Fsp3) is 0.808. The van der Waals surface area contributed by atoms with Crippen molar-refractivity contribution in [2.75, 3.05) is 6.61 Å². The van der Waals surface area contributed by atoms with Crippen LogP contribution in [0.4, 0.5) is 0 Å². The van der Waals surface area contributed by atoms with E-state index < -0.39 is 18.2 Å². The lowest BCUT2D eigenvalue weighted by molar-refractivity contribution is -0.151. The average Bonchev–Trinajstić information content (AvgIpc) is 3.22. The molecule has 0 saturated carbocycles. The summed E-state index contributed by atoms with van der Waals surface area (Å²) in [6, 6.07) is -0.716. The van der Waals surface area contributed by atoms with E-state index in [-0.39, 0.29) is 24.9 Å². The summed E-state index contributed by atoms with van der Waals surface area (Å²) in [4.78, 5) is 26.0. The van der Waals surface area contributed by atoms with Gasteiger partial charge in [-0.25, -0.2) is 0 Å². The molecule has 0 aliphatic rings. The van der Waals surface area contributed by atoms with E-state index in [9.17, 15) is 19.8 Å². The number of unbranched alkanes of at least 4 members (excludes halogenated alkanes) is 24. The van der Waals surface area contributed by atoms with Gasteiger partial charge in [-0.3, -0.25) is 9.59 Å². The second-order valence-corrected chi connectivity index (χ2v) is 16.9. The second kappa shape index (κ2) is 45.9. The smallest absolute Gasteiger partial charge is 0.306 e. The number of allylic oxidation sites excluding steroid dienone is 8. The molecular weight excluding hydrogens is 719 g/mol. The molecule has 0 bridgehead atoms. The molecular formula is C52H95NO5. The van der Waals surface area contributed by atoms with Crippen molar-refractivity contribution in [3.8, 4) is 0 Å². The highest BCUT2D eigenvalue weighted by Gasteiger charge is 2.24. The molecule has 0 radical (unpaired) electrons. The van der Waals surface area contributed by atoms with Crippen molar-refractivity contribution >= 4 is 11.9 Å². The third-order valence-electron chi connectivity index (χ3n) is 11.2. The fourth-order valence-electron chi connectivity index (χ4n) is 7.36. The Balaban J connectivity index is 4.69. The molecule has 0 aromatic carbocycles. The minimum absolute atomic E-state index is 0.0419. The number of ether oxygens (including phenoxy) is 1. The van der Waals surface area contributed by atoms with Gasteiger partial charge >= 0.3 is 5.97 Å². The van der Waals surface area contributed by atoms with Crippen molar-refractivity contribution in [3.63, 3.8) is 0 Å². The van der Waals surface area contributed by atoms with Gasteiger partial charge in [0, 0.05) is 6.42 Å². The highest BCUT2D eigenvalue weighted by molar-refractivity contribution is 5.77. The number of rotatable bonds is 44. The number of hydrogen-bond acceptors (Lipinski definition) is 5. The maximum atomic E-state index is 13.2. The summed E-state index contributed by atoms with van der Waals surface area (Å²) in [7, 11) is 0. The second-order valence-electron chi connectivity index (χ2n) is 16.9. The fourth-order valence-corrected chi connectivity index (χ4v) is 7.36. The third kappa shape index (κ3) is 40.6. The lowest BCUT2D eigenvalue weighted by Gasteiger charge is -2.24. The lowest BCUT2D eigenvalue weighted by atomic mass is 10.0. The third-order valence-corrected chi connectivity index (χ3v) is 11.2. The van der Waals surface area contributed by atoms with Crippen LogP contribution in [0.2, 0.25) is 0 Å². The van der Waals surface area contributed by atoms with Crippen molar-refractivity contribution in [1.29, 1.82) is 0 Å². The standard InChI is InChI=1S/C52H95NO5/c1-4-7-10-13-16-19-22-23-24-25-26-27-30-31-34-37-40-43-48(58-52(57)45-42-39-36-33-29-21-18-15-12-9-6-3)46-51(56)53-49(47-54)50(55)44-41-38-35-32-28-20-17-14-11-8-5-2/h16,19,23-24,26-27,31,34,48-50,54-55H,4-15,17-18,20-22,25,28-30,32-33,35-47H2,1-3H3,(H,53,56)/b19-16-,24-23-,27-26-,34-31-. The quantitative estimate of drug-likeness (QED) is 0.0323. The van der Waals surface area contributed by atoms with E-state index >= 15 is 0 Å². The first-order valence-corrected chi connectivity index (χ1v) is 24.9. The summed E-state index contributed by atoms with van der Waals surface area (Å²) >= 11 is 0. The summed E-state index contributed by atoms with van der Waals surface area (Å²) in [6.45, 7) is 6.42. The van der Waals surface area contributed by atoms with Gasteiger partial charge in [0.1, 0.15) is 6.10 Å². The predicted molar refractivity (Wildman–Crippen MR) is 250 cm³/mol. The molecule has 0 rings (SSSR count). The summed E-state index contributed by atoms with van der Waals surface area (Å²) < 4.78 is 5.89. The zero-order chi connectivity index (χ0) is 42.4. The summed E-state index contributed by atoms with van der Waals surface area (Å²) in [5, 5.41) is 23.7. The Morgan fingerprint density at radius 2 is 0.897 bits per heavy atom. The van der Waals surface area contributed by atoms with Crippen LogP contribution in [-0.4, -0.2) is 46.9 Å². The first kappa shape index (κ1) is 55.8. The van der Waals surface area contributed by atoms with Gasteiger partial charge in [0.25, 0.3) is 0 Å². The van der Waals surface area contributed by atoms with E-state index in [1.54, 1.807) is 0 Å². The Labute approximate surface area is 359 Å². The van der Waals surface area contributed by atoms with Gasteiger partial charge in [-0.1, -0.05) is 217 Å².